The summed E-state index contributed by atoms with van der Waals surface area (Å²) in [4.78, 5) is 24.9. The second-order valence-electron chi connectivity index (χ2n) is 17.2. The molecule has 1 aromatic carbocycles. The van der Waals surface area contributed by atoms with Gasteiger partial charge in [-0.1, -0.05) is 51.5 Å². The van der Waals surface area contributed by atoms with Crippen molar-refractivity contribution in [3.05, 3.63) is 47.5 Å². The Kier molecular flexibility index (Phi) is 10.2. The molecule has 0 aromatic heterocycles. The molecule has 3 fully saturated rings. The minimum atomic E-state index is -0.664. The maximum atomic E-state index is 12.7. The Labute approximate surface area is 278 Å². The molecule has 0 bridgehead atoms. The Balaban J connectivity index is 1.17. The lowest BCUT2D eigenvalue weighted by Crippen LogP contribution is -2.54. The van der Waals surface area contributed by atoms with Crippen molar-refractivity contribution in [2.24, 2.45) is 40.4 Å². The summed E-state index contributed by atoms with van der Waals surface area (Å²) in [6, 6.07) is 9.28. The second-order valence-corrected chi connectivity index (χ2v) is 17.2. The van der Waals surface area contributed by atoms with Gasteiger partial charge in [0.25, 0.3) is 0 Å². The molecule has 0 amide bonds. The highest BCUT2D eigenvalue weighted by Crippen LogP contribution is 2.67. The van der Waals surface area contributed by atoms with Crippen LogP contribution in [-0.4, -0.2) is 47.1 Å². The molecule has 1 N–H and O–H groups in total. The fourth-order valence-electron chi connectivity index (χ4n) is 10.4. The summed E-state index contributed by atoms with van der Waals surface area (Å²) in [5.41, 5.74) is 1.06. The van der Waals surface area contributed by atoms with E-state index in [2.05, 4.69) is 26.8 Å². The summed E-state index contributed by atoms with van der Waals surface area (Å²) in [6.07, 6.45) is 12.3. The fourth-order valence-corrected chi connectivity index (χ4v) is 10.4. The van der Waals surface area contributed by atoms with Gasteiger partial charge in [0.05, 0.1) is 11.7 Å². The van der Waals surface area contributed by atoms with Gasteiger partial charge in [-0.25, -0.2) is 9.59 Å². The molecule has 0 spiro atoms. The van der Waals surface area contributed by atoms with Crippen molar-refractivity contribution < 1.29 is 28.9 Å². The number of rotatable bonds is 10. The molecule has 46 heavy (non-hydrogen) atoms. The minimum Gasteiger partial charge on any atom is -0.458 e. The van der Waals surface area contributed by atoms with Gasteiger partial charge in [-0.3, -0.25) is 0 Å². The Bertz CT molecular complexity index is 1260. The highest BCUT2D eigenvalue weighted by atomic mass is 16.6. The van der Waals surface area contributed by atoms with Crippen LogP contribution in [0.4, 0.5) is 0 Å². The largest absolute Gasteiger partial charge is 0.458 e. The molecule has 0 aliphatic heterocycles. The molecule has 6 nitrogen and oxygen atoms in total. The zero-order valence-corrected chi connectivity index (χ0v) is 29.8. The van der Waals surface area contributed by atoms with Crippen molar-refractivity contribution in [2.45, 2.75) is 143 Å². The zero-order chi connectivity index (χ0) is 33.5. The number of ether oxygens (including phenoxy) is 3. The first kappa shape index (κ1) is 35.1. The summed E-state index contributed by atoms with van der Waals surface area (Å²) in [7, 11) is 0. The Morgan fingerprint density at radius 3 is 2.37 bits per heavy atom. The van der Waals surface area contributed by atoms with E-state index in [-0.39, 0.29) is 30.1 Å². The van der Waals surface area contributed by atoms with Crippen LogP contribution in [0.3, 0.4) is 0 Å². The molecule has 256 valence electrons. The Morgan fingerprint density at radius 2 is 1.67 bits per heavy atom. The molecule has 3 saturated carbocycles. The lowest BCUT2D eigenvalue weighted by Gasteiger charge is -2.59. The van der Waals surface area contributed by atoms with Gasteiger partial charge in [0.15, 0.2) is 0 Å². The molecular formula is C40H60O6. The molecular weight excluding hydrogens is 576 g/mol. The standard InChI is InChI=1S/C40H60O6/c1-26(13-12-22-38(5,6)46-36(43)27-14-10-9-11-15-27)29-18-19-30-28-16-17-32-35(42)33(44-25-34(41)45-37(2,3)4)21-24-40(32,8)31(28)20-23-39(29,30)7/h9-11,14-15,17,26,28-31,33,35,42H,12-13,16,18-25H2,1-8H3/t26-,28+,29-,30+,31+,33+,35-,39-,40-/m1/s1. The number of fused-ring (bicyclic) bond motifs is 5. The van der Waals surface area contributed by atoms with Crippen molar-refractivity contribution >= 4 is 11.9 Å². The Hall–Kier alpha value is -2.18. The molecule has 5 rings (SSSR count). The molecule has 0 unspecified atom stereocenters. The number of benzene rings is 1. The van der Waals surface area contributed by atoms with Gasteiger partial charge in [-0.15, -0.1) is 0 Å². The highest BCUT2D eigenvalue weighted by Gasteiger charge is 2.60. The SMILES string of the molecule is C[C@H](CCCC(C)(C)OC(=O)c1ccccc1)[C@H]1CC[C@H]2[C@@H]3CC=C4[C@@H](O)[C@@H](OCC(=O)OC(C)(C)C)CC[C@]4(C)[C@H]3CC[C@]12C. The van der Waals surface area contributed by atoms with Crippen LogP contribution < -0.4 is 0 Å². The van der Waals surface area contributed by atoms with Gasteiger partial charge in [-0.05, 0) is 151 Å². The summed E-state index contributed by atoms with van der Waals surface area (Å²) >= 11 is 0. The summed E-state index contributed by atoms with van der Waals surface area (Å²) in [5, 5.41) is 11.5. The van der Waals surface area contributed by atoms with E-state index in [1.807, 2.05) is 65.0 Å². The molecule has 0 radical (unpaired) electrons. The van der Waals surface area contributed by atoms with Crippen LogP contribution in [0.5, 0.6) is 0 Å². The molecule has 4 aliphatic carbocycles. The average Bonchev–Trinajstić information content (AvgIpc) is 3.33. The van der Waals surface area contributed by atoms with E-state index in [9.17, 15) is 14.7 Å². The predicted molar refractivity (Wildman–Crippen MR) is 181 cm³/mol. The van der Waals surface area contributed by atoms with Crippen LogP contribution in [0.25, 0.3) is 0 Å². The van der Waals surface area contributed by atoms with Crippen molar-refractivity contribution in [1.29, 1.82) is 0 Å². The Morgan fingerprint density at radius 1 is 0.957 bits per heavy atom. The maximum Gasteiger partial charge on any atom is 0.338 e. The summed E-state index contributed by atoms with van der Waals surface area (Å²) < 4.78 is 17.3. The van der Waals surface area contributed by atoms with E-state index < -0.39 is 17.3 Å². The highest BCUT2D eigenvalue weighted by molar-refractivity contribution is 5.89. The number of carbonyl (C=O) groups excluding carboxylic acids is 2. The van der Waals surface area contributed by atoms with Crippen molar-refractivity contribution in [1.82, 2.24) is 0 Å². The van der Waals surface area contributed by atoms with Gasteiger partial charge in [0.1, 0.15) is 23.9 Å². The quantitative estimate of drug-likeness (QED) is 0.204. The van der Waals surface area contributed by atoms with E-state index >= 15 is 0 Å². The van der Waals surface area contributed by atoms with Gasteiger partial charge >= 0.3 is 11.9 Å². The number of aliphatic hydroxyl groups excluding tert-OH is 1. The molecule has 0 saturated heterocycles. The van der Waals surface area contributed by atoms with E-state index in [1.54, 1.807) is 0 Å². The van der Waals surface area contributed by atoms with E-state index in [0.29, 0.717) is 34.7 Å². The second kappa shape index (κ2) is 13.4. The molecule has 6 heteroatoms. The number of hydrogen-bond donors (Lipinski definition) is 1. The van der Waals surface area contributed by atoms with Gasteiger partial charge in [0.2, 0.25) is 0 Å². The van der Waals surface area contributed by atoms with Crippen molar-refractivity contribution in [2.75, 3.05) is 6.61 Å². The summed E-state index contributed by atoms with van der Waals surface area (Å²) in [5.74, 6) is 2.70. The average molecular weight is 637 g/mol. The van der Waals surface area contributed by atoms with E-state index in [4.69, 9.17) is 14.2 Å². The van der Waals surface area contributed by atoms with Gasteiger partial charge < -0.3 is 19.3 Å². The fraction of sp³-hybridized carbons (Fsp3) is 0.750. The predicted octanol–water partition coefficient (Wildman–Crippen LogP) is 8.71. The van der Waals surface area contributed by atoms with Crippen LogP contribution in [0.1, 0.15) is 130 Å². The van der Waals surface area contributed by atoms with Crippen LogP contribution in [0, 0.1) is 40.4 Å². The van der Waals surface area contributed by atoms with Crippen molar-refractivity contribution in [3.8, 4) is 0 Å². The first-order chi connectivity index (χ1) is 21.5. The number of allylic oxidation sites excluding steroid dienone is 1. The number of aliphatic hydroxyl groups is 1. The van der Waals surface area contributed by atoms with Crippen LogP contribution in [0.15, 0.2) is 42.0 Å². The van der Waals surface area contributed by atoms with Crippen LogP contribution in [0.2, 0.25) is 0 Å². The van der Waals surface area contributed by atoms with E-state index in [0.717, 1.165) is 50.0 Å². The number of esters is 2. The topological polar surface area (TPSA) is 82.1 Å². The van der Waals surface area contributed by atoms with Crippen LogP contribution in [-0.2, 0) is 19.0 Å². The first-order valence-electron chi connectivity index (χ1n) is 18.0. The molecule has 1 aromatic rings. The number of carbonyl (C=O) groups is 2. The minimum absolute atomic E-state index is 0.0120. The first-order valence-corrected chi connectivity index (χ1v) is 18.0. The third-order valence-corrected chi connectivity index (χ3v) is 12.6. The monoisotopic (exact) mass is 636 g/mol. The normalized spacial score (nSPS) is 34.8. The van der Waals surface area contributed by atoms with Gasteiger partial charge in [0, 0.05) is 0 Å². The molecule has 9 atom stereocenters. The zero-order valence-electron chi connectivity index (χ0n) is 29.8. The lowest BCUT2D eigenvalue weighted by molar-refractivity contribution is -0.166. The van der Waals surface area contributed by atoms with Gasteiger partial charge in [-0.2, -0.15) is 0 Å². The third kappa shape index (κ3) is 7.28. The number of hydrogen-bond acceptors (Lipinski definition) is 6. The molecule has 0 heterocycles. The van der Waals surface area contributed by atoms with E-state index in [1.165, 1.54) is 25.7 Å². The lowest BCUT2D eigenvalue weighted by atomic mass is 9.46. The maximum absolute atomic E-state index is 12.7. The smallest absolute Gasteiger partial charge is 0.338 e. The third-order valence-electron chi connectivity index (χ3n) is 12.6. The summed E-state index contributed by atoms with van der Waals surface area (Å²) in [6.45, 7) is 17.0. The molecule has 4 aliphatic rings. The van der Waals surface area contributed by atoms with Crippen LogP contribution >= 0.6 is 0 Å². The van der Waals surface area contributed by atoms with Crippen molar-refractivity contribution in [3.63, 3.8) is 0 Å².